The molecule has 1 unspecified atom stereocenters. The fourth-order valence-electron chi connectivity index (χ4n) is 3.66. The highest BCUT2D eigenvalue weighted by molar-refractivity contribution is 5.97. The van der Waals surface area contributed by atoms with Crippen LogP contribution in [0.5, 0.6) is 5.75 Å². The summed E-state index contributed by atoms with van der Waals surface area (Å²) in [4.78, 5) is 15.1. The molecule has 4 rings (SSSR count). The monoisotopic (exact) mass is 382 g/mol. The maximum absolute atomic E-state index is 13.3. The fraction of sp³-hybridized carbons (Fsp3) is 0.409. The number of benzene rings is 2. The zero-order chi connectivity index (χ0) is 19.2. The Labute approximate surface area is 165 Å². The highest BCUT2D eigenvalue weighted by Gasteiger charge is 2.40. The second-order valence-corrected chi connectivity index (χ2v) is 7.26. The maximum atomic E-state index is 13.3. The summed E-state index contributed by atoms with van der Waals surface area (Å²) >= 11 is 0. The molecule has 28 heavy (non-hydrogen) atoms. The van der Waals surface area contributed by atoms with Crippen LogP contribution in [0.2, 0.25) is 0 Å². The third kappa shape index (κ3) is 4.35. The minimum absolute atomic E-state index is 0.0319. The number of hydrogen-bond acceptors (Lipinski definition) is 5. The maximum Gasteiger partial charge on any atom is 0.257 e. The Kier molecular flexibility index (Phi) is 5.90. The van der Waals surface area contributed by atoms with E-state index in [2.05, 4.69) is 5.32 Å². The summed E-state index contributed by atoms with van der Waals surface area (Å²) in [5, 5.41) is 3.34. The first kappa shape index (κ1) is 18.9. The summed E-state index contributed by atoms with van der Waals surface area (Å²) in [5.74, 6) is 0.572. The van der Waals surface area contributed by atoms with E-state index in [-0.39, 0.29) is 5.91 Å². The van der Waals surface area contributed by atoms with E-state index in [4.69, 9.17) is 14.2 Å². The lowest BCUT2D eigenvalue weighted by Gasteiger charge is -2.41. The average molecular weight is 382 g/mol. The number of para-hydroxylation sites is 1. The van der Waals surface area contributed by atoms with E-state index >= 15 is 0 Å². The Bertz CT molecular complexity index is 788. The van der Waals surface area contributed by atoms with Crippen LogP contribution in [0.15, 0.2) is 54.6 Å². The van der Waals surface area contributed by atoms with Crippen molar-refractivity contribution in [3.05, 3.63) is 65.7 Å². The summed E-state index contributed by atoms with van der Waals surface area (Å²) < 4.78 is 17.7. The molecule has 0 aliphatic carbocycles. The number of hydrogen-bond donors (Lipinski definition) is 1. The lowest BCUT2D eigenvalue weighted by atomic mass is 10.0. The van der Waals surface area contributed by atoms with Gasteiger partial charge in [0.05, 0.1) is 31.9 Å². The molecular formula is C22H26N2O4. The van der Waals surface area contributed by atoms with Crippen LogP contribution in [0.3, 0.4) is 0 Å². The van der Waals surface area contributed by atoms with E-state index < -0.39 is 5.60 Å². The molecule has 1 N–H and O–H groups in total. The van der Waals surface area contributed by atoms with Gasteiger partial charge in [-0.3, -0.25) is 4.79 Å². The molecular weight excluding hydrogens is 356 g/mol. The van der Waals surface area contributed by atoms with Crippen LogP contribution in [0.1, 0.15) is 15.9 Å². The molecule has 1 spiro atoms. The summed E-state index contributed by atoms with van der Waals surface area (Å²) in [6.07, 6.45) is 0. The molecule has 2 saturated heterocycles. The van der Waals surface area contributed by atoms with Gasteiger partial charge in [0.1, 0.15) is 18.0 Å². The van der Waals surface area contributed by atoms with Crippen molar-refractivity contribution in [2.75, 3.05) is 46.0 Å². The van der Waals surface area contributed by atoms with Crippen LogP contribution in [0.25, 0.3) is 0 Å². The van der Waals surface area contributed by atoms with E-state index in [1.807, 2.05) is 59.5 Å². The topological polar surface area (TPSA) is 60.0 Å². The summed E-state index contributed by atoms with van der Waals surface area (Å²) in [5.41, 5.74) is 1.17. The Balaban J connectivity index is 1.48. The van der Waals surface area contributed by atoms with Crippen LogP contribution >= 0.6 is 0 Å². The predicted molar refractivity (Wildman–Crippen MR) is 105 cm³/mol. The first-order valence-electron chi connectivity index (χ1n) is 9.73. The quantitative estimate of drug-likeness (QED) is 0.878. The van der Waals surface area contributed by atoms with E-state index in [9.17, 15) is 4.79 Å². The number of nitrogens with one attached hydrogen (secondary N) is 1. The van der Waals surface area contributed by atoms with Crippen molar-refractivity contribution >= 4 is 5.91 Å². The van der Waals surface area contributed by atoms with Crippen molar-refractivity contribution in [1.29, 1.82) is 0 Å². The molecule has 0 aromatic heterocycles. The van der Waals surface area contributed by atoms with Crippen LogP contribution in [-0.2, 0) is 16.1 Å². The van der Waals surface area contributed by atoms with Crippen LogP contribution in [-0.4, -0.2) is 62.4 Å². The molecule has 2 fully saturated rings. The standard InChI is InChI=1S/C22H26N2O4/c25-21(24-11-13-28-22(16-24)15-23-10-12-26-17-22)19-8-4-5-9-20(19)27-14-18-6-2-1-3-7-18/h1-9,23H,10-17H2. The molecule has 0 saturated carbocycles. The van der Waals surface area contributed by atoms with Crippen molar-refractivity contribution in [1.82, 2.24) is 10.2 Å². The van der Waals surface area contributed by atoms with E-state index in [0.29, 0.717) is 57.4 Å². The Morgan fingerprint density at radius 2 is 1.93 bits per heavy atom. The molecule has 2 aromatic carbocycles. The van der Waals surface area contributed by atoms with Gasteiger partial charge in [-0.2, -0.15) is 0 Å². The van der Waals surface area contributed by atoms with Crippen molar-refractivity contribution in [2.45, 2.75) is 12.2 Å². The van der Waals surface area contributed by atoms with Crippen molar-refractivity contribution in [2.24, 2.45) is 0 Å². The molecule has 6 nitrogen and oxygen atoms in total. The Hall–Kier alpha value is -2.41. The predicted octanol–water partition coefficient (Wildman–Crippen LogP) is 2.10. The fourth-order valence-corrected chi connectivity index (χ4v) is 3.66. The second-order valence-electron chi connectivity index (χ2n) is 7.26. The van der Waals surface area contributed by atoms with Crippen molar-refractivity contribution in [3.63, 3.8) is 0 Å². The van der Waals surface area contributed by atoms with Gasteiger partial charge in [-0.25, -0.2) is 0 Å². The lowest BCUT2D eigenvalue weighted by Crippen LogP contribution is -2.59. The average Bonchev–Trinajstić information content (AvgIpc) is 2.98. The van der Waals surface area contributed by atoms with Gasteiger partial charge >= 0.3 is 0 Å². The largest absolute Gasteiger partial charge is 0.488 e. The molecule has 6 heteroatoms. The highest BCUT2D eigenvalue weighted by Crippen LogP contribution is 2.25. The minimum Gasteiger partial charge on any atom is -0.488 e. The number of ether oxygens (including phenoxy) is 3. The third-order valence-electron chi connectivity index (χ3n) is 5.13. The molecule has 1 amide bonds. The molecule has 2 heterocycles. The second kappa shape index (κ2) is 8.73. The van der Waals surface area contributed by atoms with Crippen molar-refractivity contribution < 1.29 is 19.0 Å². The number of amides is 1. The van der Waals surface area contributed by atoms with Gasteiger partial charge in [-0.05, 0) is 17.7 Å². The molecule has 0 radical (unpaired) electrons. The molecule has 2 aliphatic rings. The highest BCUT2D eigenvalue weighted by atomic mass is 16.5. The number of morpholine rings is 1. The van der Waals surface area contributed by atoms with Gasteiger partial charge in [0, 0.05) is 19.6 Å². The van der Waals surface area contributed by atoms with Gasteiger partial charge < -0.3 is 24.4 Å². The number of carbonyl (C=O) groups is 1. The summed E-state index contributed by atoms with van der Waals surface area (Å²) in [6.45, 7) is 4.64. The third-order valence-corrected chi connectivity index (χ3v) is 5.13. The van der Waals surface area contributed by atoms with Gasteiger partial charge in [0.25, 0.3) is 5.91 Å². The molecule has 2 aromatic rings. The van der Waals surface area contributed by atoms with Crippen LogP contribution in [0.4, 0.5) is 0 Å². The molecule has 1 atom stereocenters. The van der Waals surface area contributed by atoms with E-state index in [0.717, 1.165) is 12.1 Å². The Morgan fingerprint density at radius 3 is 2.82 bits per heavy atom. The van der Waals surface area contributed by atoms with Gasteiger partial charge in [-0.1, -0.05) is 42.5 Å². The normalized spacial score (nSPS) is 22.6. The number of nitrogens with zero attached hydrogens (tertiary/aromatic N) is 1. The van der Waals surface area contributed by atoms with Crippen molar-refractivity contribution in [3.8, 4) is 5.75 Å². The number of rotatable bonds is 4. The van der Waals surface area contributed by atoms with Crippen LogP contribution in [0, 0.1) is 0 Å². The zero-order valence-electron chi connectivity index (χ0n) is 15.9. The number of carbonyl (C=O) groups excluding carboxylic acids is 1. The van der Waals surface area contributed by atoms with Gasteiger partial charge in [-0.15, -0.1) is 0 Å². The summed E-state index contributed by atoms with van der Waals surface area (Å²) in [7, 11) is 0. The smallest absolute Gasteiger partial charge is 0.257 e. The van der Waals surface area contributed by atoms with Crippen LogP contribution < -0.4 is 10.1 Å². The molecule has 2 aliphatic heterocycles. The first-order valence-corrected chi connectivity index (χ1v) is 9.73. The minimum atomic E-state index is -0.482. The van der Waals surface area contributed by atoms with Gasteiger partial charge in [0.2, 0.25) is 0 Å². The SMILES string of the molecule is O=C(c1ccccc1OCc1ccccc1)N1CCOC2(CNCCOC2)C1. The summed E-state index contributed by atoms with van der Waals surface area (Å²) in [6, 6.07) is 17.4. The molecule has 0 bridgehead atoms. The molecule has 148 valence electrons. The van der Waals surface area contributed by atoms with E-state index in [1.54, 1.807) is 0 Å². The zero-order valence-corrected chi connectivity index (χ0v) is 15.9. The lowest BCUT2D eigenvalue weighted by molar-refractivity contribution is -0.125. The Morgan fingerprint density at radius 1 is 1.11 bits per heavy atom. The first-order chi connectivity index (χ1) is 13.8. The van der Waals surface area contributed by atoms with E-state index in [1.165, 1.54) is 0 Å². The van der Waals surface area contributed by atoms with Gasteiger partial charge in [0.15, 0.2) is 0 Å².